The molecule has 0 radical (unpaired) electrons. The Balaban J connectivity index is 1.66. The molecule has 2 aliphatic rings. The molecular formula is C18H16BrF3N2O2. The van der Waals surface area contributed by atoms with Crippen molar-refractivity contribution in [3.8, 4) is 11.4 Å². The number of carbonyl (C=O) groups is 1. The molecule has 0 saturated carbocycles. The van der Waals surface area contributed by atoms with E-state index in [1.165, 1.54) is 0 Å². The Kier molecular flexibility index (Phi) is 4.06. The highest BCUT2D eigenvalue weighted by Gasteiger charge is 2.49. The van der Waals surface area contributed by atoms with Crippen molar-refractivity contribution in [2.45, 2.75) is 29.9 Å². The fraction of sp³-hybridized carbons (Fsp3) is 0.389. The summed E-state index contributed by atoms with van der Waals surface area (Å²) < 4.78 is 46.5. The van der Waals surface area contributed by atoms with Gasteiger partial charge in [0.05, 0.1) is 11.4 Å². The highest BCUT2D eigenvalue weighted by atomic mass is 79.9. The standard InChI is InChI=1S/C18H16BrF3N2O2/c19-11-12-3-4-13-14(10-12)26-17(15-2-1-7-24(13)15)5-8-23(9-6-17)16(25)18(20,21)22/h1-4,7,10H,5-6,8-9,11H2. The number of carbonyl (C=O) groups excluding carboxylic acids is 1. The van der Waals surface area contributed by atoms with Crippen LogP contribution in [0, 0.1) is 0 Å². The summed E-state index contributed by atoms with van der Waals surface area (Å²) in [6.45, 7) is 0.0218. The molecular weight excluding hydrogens is 413 g/mol. The van der Waals surface area contributed by atoms with Gasteiger partial charge in [-0.3, -0.25) is 4.79 Å². The second-order valence-corrected chi connectivity index (χ2v) is 7.15. The zero-order chi connectivity index (χ0) is 18.5. The van der Waals surface area contributed by atoms with Crippen LogP contribution in [0.4, 0.5) is 13.2 Å². The maximum absolute atomic E-state index is 12.7. The predicted molar refractivity (Wildman–Crippen MR) is 92.6 cm³/mol. The summed E-state index contributed by atoms with van der Waals surface area (Å²) in [5.74, 6) is -1.07. The number of nitrogens with zero attached hydrogens (tertiary/aromatic N) is 2. The zero-order valence-electron chi connectivity index (χ0n) is 13.7. The second-order valence-electron chi connectivity index (χ2n) is 6.59. The van der Waals surface area contributed by atoms with Gasteiger partial charge in [0.15, 0.2) is 5.60 Å². The molecule has 2 aliphatic heterocycles. The molecule has 1 saturated heterocycles. The minimum absolute atomic E-state index is 0.0109. The van der Waals surface area contributed by atoms with Gasteiger partial charge < -0.3 is 14.2 Å². The molecule has 1 aromatic carbocycles. The Labute approximate surface area is 156 Å². The molecule has 4 rings (SSSR count). The molecule has 1 fully saturated rings. The van der Waals surface area contributed by atoms with Crippen molar-refractivity contribution in [1.82, 2.24) is 9.47 Å². The van der Waals surface area contributed by atoms with Gasteiger partial charge >= 0.3 is 12.1 Å². The Bertz CT molecular complexity index is 854. The first-order chi connectivity index (χ1) is 12.3. The van der Waals surface area contributed by atoms with Gasteiger partial charge in [-0.25, -0.2) is 0 Å². The van der Waals surface area contributed by atoms with Crippen molar-refractivity contribution in [2.24, 2.45) is 0 Å². The number of amides is 1. The monoisotopic (exact) mass is 428 g/mol. The Morgan fingerprint density at radius 3 is 2.62 bits per heavy atom. The third-order valence-corrected chi connectivity index (χ3v) is 5.71. The van der Waals surface area contributed by atoms with Crippen molar-refractivity contribution in [2.75, 3.05) is 13.1 Å². The van der Waals surface area contributed by atoms with Crippen LogP contribution >= 0.6 is 15.9 Å². The molecule has 1 aromatic heterocycles. The summed E-state index contributed by atoms with van der Waals surface area (Å²) in [6, 6.07) is 9.76. The van der Waals surface area contributed by atoms with Crippen molar-refractivity contribution in [3.05, 3.63) is 47.8 Å². The fourth-order valence-electron chi connectivity index (χ4n) is 3.76. The highest BCUT2D eigenvalue weighted by molar-refractivity contribution is 9.08. The lowest BCUT2D eigenvalue weighted by Gasteiger charge is -2.45. The topological polar surface area (TPSA) is 34.5 Å². The smallest absolute Gasteiger partial charge is 0.471 e. The van der Waals surface area contributed by atoms with Crippen LogP contribution in [0.2, 0.25) is 0 Å². The highest BCUT2D eigenvalue weighted by Crippen LogP contribution is 2.45. The Hall–Kier alpha value is -1.96. The zero-order valence-corrected chi connectivity index (χ0v) is 15.3. The van der Waals surface area contributed by atoms with Crippen molar-refractivity contribution < 1.29 is 22.7 Å². The van der Waals surface area contributed by atoms with Crippen LogP contribution in [0.25, 0.3) is 5.69 Å². The third kappa shape index (κ3) is 2.71. The summed E-state index contributed by atoms with van der Waals surface area (Å²) in [5, 5.41) is 0.684. The first-order valence-electron chi connectivity index (χ1n) is 8.26. The van der Waals surface area contributed by atoms with E-state index in [0.717, 1.165) is 21.8 Å². The number of rotatable bonds is 1. The van der Waals surface area contributed by atoms with Gasteiger partial charge in [-0.2, -0.15) is 13.2 Å². The molecule has 3 heterocycles. The van der Waals surface area contributed by atoms with Crippen LogP contribution in [-0.2, 0) is 15.7 Å². The van der Waals surface area contributed by atoms with Crippen molar-refractivity contribution >= 4 is 21.8 Å². The number of halogens is 4. The van der Waals surface area contributed by atoms with E-state index in [-0.39, 0.29) is 13.1 Å². The lowest BCUT2D eigenvalue weighted by Crippen LogP contribution is -2.52. The van der Waals surface area contributed by atoms with Gasteiger partial charge in [-0.15, -0.1) is 0 Å². The van der Waals surface area contributed by atoms with E-state index in [2.05, 4.69) is 15.9 Å². The predicted octanol–water partition coefficient (Wildman–Crippen LogP) is 4.14. The first-order valence-corrected chi connectivity index (χ1v) is 9.38. The lowest BCUT2D eigenvalue weighted by atomic mass is 9.86. The number of benzene rings is 1. The Morgan fingerprint density at radius 2 is 1.96 bits per heavy atom. The number of hydrogen-bond donors (Lipinski definition) is 0. The summed E-state index contributed by atoms with van der Waals surface area (Å²) in [7, 11) is 0. The SMILES string of the molecule is O=C(N1CCC2(CC1)Oc1cc(CBr)ccc1-n1cccc12)C(F)(F)F. The number of fused-ring (bicyclic) bond motifs is 4. The second kappa shape index (κ2) is 6.04. The molecule has 2 aromatic rings. The van der Waals surface area contributed by atoms with Crippen LogP contribution < -0.4 is 4.74 Å². The average molecular weight is 429 g/mol. The maximum atomic E-state index is 12.7. The maximum Gasteiger partial charge on any atom is 0.471 e. The van der Waals surface area contributed by atoms with Crippen LogP contribution in [-0.4, -0.2) is 34.6 Å². The van der Waals surface area contributed by atoms with Gasteiger partial charge in [-0.05, 0) is 29.8 Å². The molecule has 1 spiro atoms. The quantitative estimate of drug-likeness (QED) is 0.639. The molecule has 138 valence electrons. The fourth-order valence-corrected chi connectivity index (χ4v) is 4.10. The van der Waals surface area contributed by atoms with E-state index in [1.807, 2.05) is 41.1 Å². The number of aromatic nitrogens is 1. The third-order valence-electron chi connectivity index (χ3n) is 5.06. The van der Waals surface area contributed by atoms with E-state index >= 15 is 0 Å². The van der Waals surface area contributed by atoms with Crippen molar-refractivity contribution in [1.29, 1.82) is 0 Å². The van der Waals surface area contributed by atoms with E-state index < -0.39 is 17.7 Å². The van der Waals surface area contributed by atoms with E-state index in [1.54, 1.807) is 0 Å². The largest absolute Gasteiger partial charge is 0.479 e. The van der Waals surface area contributed by atoms with Crippen LogP contribution in [0.15, 0.2) is 36.5 Å². The van der Waals surface area contributed by atoms with Gasteiger partial charge in [0.2, 0.25) is 0 Å². The van der Waals surface area contributed by atoms with Crippen LogP contribution in [0.1, 0.15) is 24.1 Å². The van der Waals surface area contributed by atoms with E-state index in [9.17, 15) is 18.0 Å². The first kappa shape index (κ1) is 17.5. The number of hydrogen-bond acceptors (Lipinski definition) is 2. The van der Waals surface area contributed by atoms with Crippen LogP contribution in [0.3, 0.4) is 0 Å². The number of ether oxygens (including phenoxy) is 1. The van der Waals surface area contributed by atoms with Gasteiger partial charge in [0.25, 0.3) is 0 Å². The van der Waals surface area contributed by atoms with Gasteiger partial charge in [-0.1, -0.05) is 22.0 Å². The molecule has 1 amide bonds. The Morgan fingerprint density at radius 1 is 1.23 bits per heavy atom. The lowest BCUT2D eigenvalue weighted by molar-refractivity contribution is -0.188. The molecule has 0 aliphatic carbocycles. The van der Waals surface area contributed by atoms with E-state index in [4.69, 9.17) is 4.74 Å². The summed E-state index contributed by atoms with van der Waals surface area (Å²) in [5.41, 5.74) is 2.16. The molecule has 0 N–H and O–H groups in total. The normalized spacial score (nSPS) is 18.2. The summed E-state index contributed by atoms with van der Waals surface area (Å²) >= 11 is 3.43. The van der Waals surface area contributed by atoms with E-state index in [0.29, 0.717) is 23.9 Å². The van der Waals surface area contributed by atoms with Crippen LogP contribution in [0.5, 0.6) is 5.75 Å². The van der Waals surface area contributed by atoms with Gasteiger partial charge in [0, 0.05) is 37.5 Å². The number of likely N-dealkylation sites (tertiary alicyclic amines) is 1. The van der Waals surface area contributed by atoms with Gasteiger partial charge in [0.1, 0.15) is 5.75 Å². The molecule has 4 nitrogen and oxygen atoms in total. The van der Waals surface area contributed by atoms with Crippen molar-refractivity contribution in [3.63, 3.8) is 0 Å². The average Bonchev–Trinajstić information content (AvgIpc) is 3.11. The minimum atomic E-state index is -4.84. The molecule has 0 unspecified atom stereocenters. The minimum Gasteiger partial charge on any atom is -0.479 e. The molecule has 0 atom stereocenters. The molecule has 0 bridgehead atoms. The number of piperidine rings is 1. The molecule has 8 heteroatoms. The summed E-state index contributed by atoms with van der Waals surface area (Å²) in [4.78, 5) is 12.4. The molecule has 26 heavy (non-hydrogen) atoms. The number of alkyl halides is 4. The summed E-state index contributed by atoms with van der Waals surface area (Å²) in [6.07, 6.45) is -2.28.